The molecule has 2 aromatic carbocycles. The summed E-state index contributed by atoms with van der Waals surface area (Å²) in [6.45, 7) is 7.40. The number of likely N-dealkylation sites (tertiary alicyclic amines) is 1. The molecule has 0 aromatic heterocycles. The Morgan fingerprint density at radius 3 is 2.32 bits per heavy atom. The van der Waals surface area contributed by atoms with Gasteiger partial charge < -0.3 is 10.2 Å². The molecule has 28 heavy (non-hydrogen) atoms. The lowest BCUT2D eigenvalue weighted by Gasteiger charge is -2.35. The van der Waals surface area contributed by atoms with E-state index in [0.29, 0.717) is 28.1 Å². The Kier molecular flexibility index (Phi) is 6.68. The molecule has 0 spiro atoms. The summed E-state index contributed by atoms with van der Waals surface area (Å²) >= 11 is 7.48. The van der Waals surface area contributed by atoms with Gasteiger partial charge in [0.25, 0.3) is 5.91 Å². The number of rotatable bonds is 4. The van der Waals surface area contributed by atoms with Gasteiger partial charge in [-0.25, -0.2) is 0 Å². The third kappa shape index (κ3) is 5.30. The highest BCUT2D eigenvalue weighted by Crippen LogP contribution is 2.35. The van der Waals surface area contributed by atoms with Crippen LogP contribution in [0.1, 0.15) is 37.6 Å². The molecule has 1 saturated heterocycles. The molecule has 1 fully saturated rings. The molecule has 1 aliphatic rings. The largest absolute Gasteiger partial charge is 0.338 e. The van der Waals surface area contributed by atoms with Gasteiger partial charge >= 0.3 is 0 Å². The van der Waals surface area contributed by atoms with E-state index in [1.807, 2.05) is 41.3 Å². The van der Waals surface area contributed by atoms with Crippen molar-refractivity contribution in [2.75, 3.05) is 18.4 Å². The first-order valence-corrected chi connectivity index (χ1v) is 10.7. The SMILES string of the molecule is CC(=O)Nc1cc(C(=O)N2C[C@H](C)C[C@@H](C)C2)ccc1Sc1ccc(Cl)cc1. The van der Waals surface area contributed by atoms with Crippen LogP contribution in [0.5, 0.6) is 0 Å². The third-order valence-electron chi connectivity index (χ3n) is 4.73. The molecule has 2 aromatic rings. The lowest BCUT2D eigenvalue weighted by Crippen LogP contribution is -2.42. The zero-order chi connectivity index (χ0) is 20.3. The molecular formula is C22H25ClN2O2S. The summed E-state index contributed by atoms with van der Waals surface area (Å²) in [5.74, 6) is 0.861. The molecule has 2 amide bonds. The second-order valence-corrected chi connectivity index (χ2v) is 9.16. The van der Waals surface area contributed by atoms with Gasteiger partial charge in [0.15, 0.2) is 0 Å². The van der Waals surface area contributed by atoms with E-state index in [4.69, 9.17) is 11.6 Å². The van der Waals surface area contributed by atoms with Crippen molar-refractivity contribution in [3.8, 4) is 0 Å². The first-order chi connectivity index (χ1) is 13.3. The molecule has 0 saturated carbocycles. The summed E-state index contributed by atoms with van der Waals surface area (Å²) in [7, 11) is 0. The van der Waals surface area contributed by atoms with Gasteiger partial charge in [-0.15, -0.1) is 0 Å². The average Bonchev–Trinajstić information content (AvgIpc) is 2.63. The van der Waals surface area contributed by atoms with Crippen molar-refractivity contribution in [2.45, 2.75) is 37.0 Å². The van der Waals surface area contributed by atoms with Crippen LogP contribution in [-0.2, 0) is 4.79 Å². The Morgan fingerprint density at radius 1 is 1.07 bits per heavy atom. The molecule has 1 aliphatic heterocycles. The normalized spacial score (nSPS) is 19.4. The van der Waals surface area contributed by atoms with Gasteiger partial charge in [0.1, 0.15) is 0 Å². The molecule has 1 N–H and O–H groups in total. The molecule has 4 nitrogen and oxygen atoms in total. The highest BCUT2D eigenvalue weighted by atomic mass is 35.5. The number of benzene rings is 2. The van der Waals surface area contributed by atoms with E-state index in [1.54, 1.807) is 6.07 Å². The standard InChI is InChI=1S/C22H25ClN2O2S/c1-14-10-15(2)13-25(12-14)22(27)17-4-9-21(20(11-17)24-16(3)26)28-19-7-5-18(23)6-8-19/h4-9,11,14-15H,10,12-13H2,1-3H3,(H,24,26)/t14-,15-/m1/s1. The number of hydrogen-bond donors (Lipinski definition) is 1. The van der Waals surface area contributed by atoms with Crippen molar-refractivity contribution in [1.29, 1.82) is 0 Å². The predicted molar refractivity (Wildman–Crippen MR) is 115 cm³/mol. The predicted octanol–water partition coefficient (Wildman–Crippen LogP) is 5.57. The Bertz CT molecular complexity index is 859. The van der Waals surface area contributed by atoms with Crippen LogP contribution < -0.4 is 5.32 Å². The Morgan fingerprint density at radius 2 is 1.71 bits per heavy atom. The zero-order valence-corrected chi connectivity index (χ0v) is 17.9. The minimum atomic E-state index is -0.164. The number of anilines is 1. The fourth-order valence-corrected chi connectivity index (χ4v) is 4.69. The molecule has 1 heterocycles. The molecule has 0 aliphatic carbocycles. The first kappa shape index (κ1) is 20.7. The Balaban J connectivity index is 1.86. The van der Waals surface area contributed by atoms with Gasteiger partial charge in [-0.05, 0) is 60.7 Å². The molecule has 0 bridgehead atoms. The number of nitrogens with zero attached hydrogens (tertiary/aromatic N) is 1. The van der Waals surface area contributed by atoms with E-state index in [1.165, 1.54) is 18.7 Å². The number of halogens is 1. The average molecular weight is 417 g/mol. The van der Waals surface area contributed by atoms with Crippen LogP contribution >= 0.6 is 23.4 Å². The smallest absolute Gasteiger partial charge is 0.253 e. The maximum Gasteiger partial charge on any atom is 0.253 e. The lowest BCUT2D eigenvalue weighted by atomic mass is 9.91. The fraction of sp³-hybridized carbons (Fsp3) is 0.364. The van der Waals surface area contributed by atoms with Crippen molar-refractivity contribution >= 4 is 40.9 Å². The highest BCUT2D eigenvalue weighted by molar-refractivity contribution is 7.99. The fourth-order valence-electron chi connectivity index (χ4n) is 3.68. The molecule has 3 rings (SSSR count). The summed E-state index contributed by atoms with van der Waals surface area (Å²) < 4.78 is 0. The van der Waals surface area contributed by atoms with Crippen LogP contribution in [-0.4, -0.2) is 29.8 Å². The maximum absolute atomic E-state index is 13.0. The molecule has 148 valence electrons. The van der Waals surface area contributed by atoms with Crippen LogP contribution in [0.25, 0.3) is 0 Å². The maximum atomic E-state index is 13.0. The van der Waals surface area contributed by atoms with E-state index in [0.717, 1.165) is 29.3 Å². The van der Waals surface area contributed by atoms with Gasteiger partial charge in [-0.2, -0.15) is 0 Å². The van der Waals surface area contributed by atoms with E-state index < -0.39 is 0 Å². The number of hydrogen-bond acceptors (Lipinski definition) is 3. The first-order valence-electron chi connectivity index (χ1n) is 9.46. The molecule has 2 atom stereocenters. The number of amides is 2. The van der Waals surface area contributed by atoms with Crippen molar-refractivity contribution < 1.29 is 9.59 Å². The van der Waals surface area contributed by atoms with Gasteiger partial charge in [-0.1, -0.05) is 37.2 Å². The van der Waals surface area contributed by atoms with Gasteiger partial charge in [0.05, 0.1) is 5.69 Å². The number of piperidine rings is 1. The lowest BCUT2D eigenvalue weighted by molar-refractivity contribution is -0.114. The highest BCUT2D eigenvalue weighted by Gasteiger charge is 2.26. The molecular weight excluding hydrogens is 392 g/mol. The topological polar surface area (TPSA) is 49.4 Å². The van der Waals surface area contributed by atoms with E-state index in [-0.39, 0.29) is 11.8 Å². The van der Waals surface area contributed by atoms with Crippen LogP contribution in [0.2, 0.25) is 5.02 Å². The minimum Gasteiger partial charge on any atom is -0.338 e. The van der Waals surface area contributed by atoms with E-state index >= 15 is 0 Å². The van der Waals surface area contributed by atoms with Crippen molar-refractivity contribution in [1.82, 2.24) is 4.90 Å². The molecule has 0 unspecified atom stereocenters. The molecule has 6 heteroatoms. The van der Waals surface area contributed by atoms with Crippen LogP contribution in [0.15, 0.2) is 52.3 Å². The molecule has 0 radical (unpaired) electrons. The number of carbonyl (C=O) groups is 2. The summed E-state index contributed by atoms with van der Waals surface area (Å²) in [5, 5.41) is 3.54. The monoisotopic (exact) mass is 416 g/mol. The van der Waals surface area contributed by atoms with Crippen LogP contribution in [0.4, 0.5) is 5.69 Å². The Labute approximate surface area is 175 Å². The zero-order valence-electron chi connectivity index (χ0n) is 16.4. The third-order valence-corrected chi connectivity index (χ3v) is 6.07. The van der Waals surface area contributed by atoms with Crippen LogP contribution in [0.3, 0.4) is 0 Å². The second kappa shape index (κ2) is 9.01. The number of nitrogens with one attached hydrogen (secondary N) is 1. The van der Waals surface area contributed by atoms with Gasteiger partial charge in [-0.3, -0.25) is 9.59 Å². The minimum absolute atomic E-state index is 0.0213. The van der Waals surface area contributed by atoms with Crippen molar-refractivity contribution in [2.24, 2.45) is 11.8 Å². The van der Waals surface area contributed by atoms with Crippen molar-refractivity contribution in [3.63, 3.8) is 0 Å². The Hall–Kier alpha value is -1.98. The quantitative estimate of drug-likeness (QED) is 0.708. The van der Waals surface area contributed by atoms with Crippen molar-refractivity contribution in [3.05, 3.63) is 53.1 Å². The summed E-state index contributed by atoms with van der Waals surface area (Å²) in [4.78, 5) is 28.5. The van der Waals surface area contributed by atoms with E-state index in [2.05, 4.69) is 19.2 Å². The summed E-state index contributed by atoms with van der Waals surface area (Å²) in [5.41, 5.74) is 1.25. The number of carbonyl (C=O) groups excluding carboxylic acids is 2. The second-order valence-electron chi connectivity index (χ2n) is 7.60. The van der Waals surface area contributed by atoms with Gasteiger partial charge in [0.2, 0.25) is 5.91 Å². The van der Waals surface area contributed by atoms with E-state index in [9.17, 15) is 9.59 Å². The van der Waals surface area contributed by atoms with Crippen LogP contribution in [0, 0.1) is 11.8 Å². The summed E-state index contributed by atoms with van der Waals surface area (Å²) in [6.07, 6.45) is 1.15. The van der Waals surface area contributed by atoms with Gasteiger partial charge in [0, 0.05) is 40.4 Å². The summed E-state index contributed by atoms with van der Waals surface area (Å²) in [6, 6.07) is 13.0.